The molecular weight excluding hydrogens is 259 g/mol. The SMILES string of the molecule is CCC(C)(CCl)Cc1ccccc1Br. The molecule has 14 heavy (non-hydrogen) atoms. The molecule has 0 saturated carbocycles. The van der Waals surface area contributed by atoms with Crippen LogP contribution in [0, 0.1) is 5.41 Å². The molecule has 0 amide bonds. The fraction of sp³-hybridized carbons (Fsp3) is 0.500. The van der Waals surface area contributed by atoms with Crippen LogP contribution in [-0.2, 0) is 6.42 Å². The molecule has 0 nitrogen and oxygen atoms in total. The van der Waals surface area contributed by atoms with Crippen LogP contribution in [0.2, 0.25) is 0 Å². The van der Waals surface area contributed by atoms with E-state index in [0.29, 0.717) is 5.88 Å². The molecule has 78 valence electrons. The van der Waals surface area contributed by atoms with Gasteiger partial charge in [-0.2, -0.15) is 0 Å². The van der Waals surface area contributed by atoms with Gasteiger partial charge in [-0.15, -0.1) is 11.6 Å². The second kappa shape index (κ2) is 5.18. The first-order valence-electron chi connectivity index (χ1n) is 4.90. The van der Waals surface area contributed by atoms with Crippen molar-refractivity contribution in [3.8, 4) is 0 Å². The Kier molecular flexibility index (Phi) is 4.46. The molecule has 0 bridgehead atoms. The fourth-order valence-electron chi connectivity index (χ4n) is 1.37. The Hall–Kier alpha value is -0.0100. The minimum atomic E-state index is 0.214. The van der Waals surface area contributed by atoms with E-state index in [2.05, 4.69) is 48.0 Å². The number of hydrogen-bond acceptors (Lipinski definition) is 0. The molecule has 0 aromatic heterocycles. The largest absolute Gasteiger partial charge is 0.126 e. The van der Waals surface area contributed by atoms with Gasteiger partial charge in [0.2, 0.25) is 0 Å². The van der Waals surface area contributed by atoms with Crippen LogP contribution in [0.25, 0.3) is 0 Å². The predicted molar refractivity (Wildman–Crippen MR) is 67.0 cm³/mol. The number of halogens is 2. The lowest BCUT2D eigenvalue weighted by Gasteiger charge is -2.25. The van der Waals surface area contributed by atoms with Gasteiger partial charge in [-0.05, 0) is 29.9 Å². The van der Waals surface area contributed by atoms with Crippen LogP contribution < -0.4 is 0 Å². The topological polar surface area (TPSA) is 0 Å². The van der Waals surface area contributed by atoms with E-state index >= 15 is 0 Å². The third-order valence-corrected chi connectivity index (χ3v) is 4.17. The number of alkyl halides is 1. The molecule has 0 aliphatic rings. The summed E-state index contributed by atoms with van der Waals surface area (Å²) in [5.74, 6) is 0.713. The van der Waals surface area contributed by atoms with Gasteiger partial charge in [-0.3, -0.25) is 0 Å². The summed E-state index contributed by atoms with van der Waals surface area (Å²) in [5.41, 5.74) is 1.56. The minimum absolute atomic E-state index is 0.214. The molecule has 0 N–H and O–H groups in total. The van der Waals surface area contributed by atoms with E-state index in [1.807, 2.05) is 6.07 Å². The van der Waals surface area contributed by atoms with Gasteiger partial charge >= 0.3 is 0 Å². The first kappa shape index (κ1) is 12.1. The molecule has 0 heterocycles. The molecule has 1 rings (SSSR count). The molecule has 0 spiro atoms. The van der Waals surface area contributed by atoms with E-state index in [0.717, 1.165) is 12.8 Å². The van der Waals surface area contributed by atoms with E-state index in [9.17, 15) is 0 Å². The maximum absolute atomic E-state index is 6.00. The first-order valence-corrected chi connectivity index (χ1v) is 6.23. The van der Waals surface area contributed by atoms with E-state index in [4.69, 9.17) is 11.6 Å². The van der Waals surface area contributed by atoms with Crippen molar-refractivity contribution in [2.24, 2.45) is 5.41 Å². The third-order valence-electron chi connectivity index (χ3n) is 2.75. The van der Waals surface area contributed by atoms with Crippen LogP contribution in [-0.4, -0.2) is 5.88 Å². The average molecular weight is 276 g/mol. The highest BCUT2D eigenvalue weighted by Gasteiger charge is 2.21. The van der Waals surface area contributed by atoms with Crippen LogP contribution in [0.15, 0.2) is 28.7 Å². The van der Waals surface area contributed by atoms with Crippen LogP contribution in [0.1, 0.15) is 25.8 Å². The van der Waals surface area contributed by atoms with Crippen molar-refractivity contribution in [3.05, 3.63) is 34.3 Å². The summed E-state index contributed by atoms with van der Waals surface area (Å²) >= 11 is 9.56. The zero-order valence-corrected chi connectivity index (χ0v) is 11.0. The number of benzene rings is 1. The zero-order chi connectivity index (χ0) is 10.6. The zero-order valence-electron chi connectivity index (χ0n) is 8.69. The quantitative estimate of drug-likeness (QED) is 0.702. The summed E-state index contributed by atoms with van der Waals surface area (Å²) in [7, 11) is 0. The minimum Gasteiger partial charge on any atom is -0.126 e. The van der Waals surface area contributed by atoms with E-state index < -0.39 is 0 Å². The van der Waals surface area contributed by atoms with Crippen molar-refractivity contribution in [2.75, 3.05) is 5.88 Å². The first-order chi connectivity index (χ1) is 6.61. The van der Waals surface area contributed by atoms with Crippen LogP contribution in [0.4, 0.5) is 0 Å². The Labute approximate surface area is 99.8 Å². The number of rotatable bonds is 4. The lowest BCUT2D eigenvalue weighted by molar-refractivity contribution is 0.355. The van der Waals surface area contributed by atoms with Gasteiger partial charge in [0.05, 0.1) is 0 Å². The third kappa shape index (κ3) is 2.99. The Bertz CT molecular complexity index is 292. The van der Waals surface area contributed by atoms with Crippen molar-refractivity contribution < 1.29 is 0 Å². The van der Waals surface area contributed by atoms with Crippen LogP contribution >= 0.6 is 27.5 Å². The van der Waals surface area contributed by atoms with Crippen LogP contribution in [0.5, 0.6) is 0 Å². The molecule has 1 atom stereocenters. The van der Waals surface area contributed by atoms with Crippen molar-refractivity contribution in [2.45, 2.75) is 26.7 Å². The summed E-state index contributed by atoms with van der Waals surface area (Å²) in [4.78, 5) is 0. The fourth-order valence-corrected chi connectivity index (χ4v) is 2.08. The molecule has 1 aromatic carbocycles. The molecular formula is C12H16BrCl. The lowest BCUT2D eigenvalue weighted by Crippen LogP contribution is -2.20. The highest BCUT2D eigenvalue weighted by atomic mass is 79.9. The van der Waals surface area contributed by atoms with Gasteiger partial charge in [-0.25, -0.2) is 0 Å². The second-order valence-corrected chi connectivity index (χ2v) is 5.19. The summed E-state index contributed by atoms with van der Waals surface area (Å²) in [6.07, 6.45) is 2.15. The smallest absolute Gasteiger partial charge is 0.0280 e. The lowest BCUT2D eigenvalue weighted by atomic mass is 9.83. The molecule has 0 saturated heterocycles. The van der Waals surface area contributed by atoms with E-state index in [1.54, 1.807) is 0 Å². The highest BCUT2D eigenvalue weighted by Crippen LogP contribution is 2.30. The molecule has 0 fully saturated rings. The highest BCUT2D eigenvalue weighted by molar-refractivity contribution is 9.10. The Balaban J connectivity index is 2.82. The Morgan fingerprint density at radius 1 is 1.36 bits per heavy atom. The monoisotopic (exact) mass is 274 g/mol. The van der Waals surface area contributed by atoms with Crippen molar-refractivity contribution in [3.63, 3.8) is 0 Å². The van der Waals surface area contributed by atoms with Gasteiger partial charge in [0.1, 0.15) is 0 Å². The standard InChI is InChI=1S/C12H16BrCl/c1-3-12(2,9-14)8-10-6-4-5-7-11(10)13/h4-7H,3,8-9H2,1-2H3. The van der Waals surface area contributed by atoms with Crippen molar-refractivity contribution >= 4 is 27.5 Å². The molecule has 2 heteroatoms. The van der Waals surface area contributed by atoms with Gasteiger partial charge in [0.25, 0.3) is 0 Å². The molecule has 0 aliphatic heterocycles. The average Bonchev–Trinajstić information content (AvgIpc) is 2.21. The molecule has 0 aliphatic carbocycles. The summed E-state index contributed by atoms with van der Waals surface area (Å²) in [5, 5.41) is 0. The van der Waals surface area contributed by atoms with Crippen LogP contribution in [0.3, 0.4) is 0 Å². The van der Waals surface area contributed by atoms with Gasteiger partial charge in [0.15, 0.2) is 0 Å². The van der Waals surface area contributed by atoms with Crippen molar-refractivity contribution in [1.29, 1.82) is 0 Å². The maximum atomic E-state index is 6.00. The van der Waals surface area contributed by atoms with Crippen molar-refractivity contribution in [1.82, 2.24) is 0 Å². The van der Waals surface area contributed by atoms with E-state index in [1.165, 1.54) is 10.0 Å². The normalized spacial score (nSPS) is 15.1. The maximum Gasteiger partial charge on any atom is 0.0280 e. The van der Waals surface area contributed by atoms with E-state index in [-0.39, 0.29) is 5.41 Å². The summed E-state index contributed by atoms with van der Waals surface area (Å²) < 4.78 is 1.18. The summed E-state index contributed by atoms with van der Waals surface area (Å²) in [6, 6.07) is 8.35. The Morgan fingerprint density at radius 3 is 2.50 bits per heavy atom. The molecule has 1 unspecified atom stereocenters. The Morgan fingerprint density at radius 2 is 2.00 bits per heavy atom. The molecule has 1 aromatic rings. The number of hydrogen-bond donors (Lipinski definition) is 0. The predicted octanol–water partition coefficient (Wildman–Crippen LogP) is 4.65. The summed E-state index contributed by atoms with van der Waals surface area (Å²) in [6.45, 7) is 4.43. The van der Waals surface area contributed by atoms with Gasteiger partial charge < -0.3 is 0 Å². The molecule has 0 radical (unpaired) electrons. The van der Waals surface area contributed by atoms with Gasteiger partial charge in [0, 0.05) is 10.4 Å². The van der Waals surface area contributed by atoms with Gasteiger partial charge in [-0.1, -0.05) is 48.0 Å². The second-order valence-electron chi connectivity index (χ2n) is 4.07.